The highest BCUT2D eigenvalue weighted by atomic mass is 16.5. The van der Waals surface area contributed by atoms with Crippen molar-refractivity contribution in [2.45, 2.75) is 12.8 Å². The van der Waals surface area contributed by atoms with E-state index in [1.165, 1.54) is 0 Å². The van der Waals surface area contributed by atoms with E-state index < -0.39 is 0 Å². The summed E-state index contributed by atoms with van der Waals surface area (Å²) in [4.78, 5) is 11.8. The van der Waals surface area contributed by atoms with Crippen molar-refractivity contribution in [2.24, 2.45) is 0 Å². The molecule has 0 N–H and O–H groups in total. The molecule has 0 fully saturated rings. The first-order valence-corrected chi connectivity index (χ1v) is 7.80. The molecule has 1 heterocycles. The first-order chi connectivity index (χ1) is 11.3. The molecule has 0 aromatic heterocycles. The zero-order valence-corrected chi connectivity index (χ0v) is 12.7. The van der Waals surface area contributed by atoms with Crippen LogP contribution in [0.25, 0.3) is 22.3 Å². The van der Waals surface area contributed by atoms with Crippen LogP contribution < -0.4 is 4.74 Å². The van der Waals surface area contributed by atoms with Crippen molar-refractivity contribution in [1.29, 1.82) is 0 Å². The summed E-state index contributed by atoms with van der Waals surface area (Å²) in [7, 11) is 0. The minimum atomic E-state index is -0.153. The van der Waals surface area contributed by atoms with Gasteiger partial charge in [-0.1, -0.05) is 66.7 Å². The molecule has 0 unspecified atom stereocenters. The van der Waals surface area contributed by atoms with E-state index in [2.05, 4.69) is 24.3 Å². The van der Waals surface area contributed by atoms with Gasteiger partial charge >= 0.3 is 5.97 Å². The van der Waals surface area contributed by atoms with E-state index >= 15 is 0 Å². The molecule has 4 rings (SSSR count). The predicted molar refractivity (Wildman–Crippen MR) is 91.3 cm³/mol. The molecule has 1 aliphatic rings. The number of carbonyl (C=O) groups excluding carboxylic acids is 1. The van der Waals surface area contributed by atoms with Gasteiger partial charge in [-0.25, -0.2) is 0 Å². The Hall–Kier alpha value is -2.87. The summed E-state index contributed by atoms with van der Waals surface area (Å²) < 4.78 is 5.64. The van der Waals surface area contributed by atoms with Crippen molar-refractivity contribution >= 4 is 5.97 Å². The molecular formula is C21H16O2. The van der Waals surface area contributed by atoms with Crippen LogP contribution in [0.2, 0.25) is 0 Å². The van der Waals surface area contributed by atoms with Crippen molar-refractivity contribution in [3.05, 3.63) is 78.4 Å². The molecule has 0 atom stereocenters. The Morgan fingerprint density at radius 2 is 1.22 bits per heavy atom. The van der Waals surface area contributed by atoms with Gasteiger partial charge in [0.25, 0.3) is 0 Å². The number of fused-ring (bicyclic) bond motifs is 1. The maximum atomic E-state index is 11.8. The van der Waals surface area contributed by atoms with E-state index in [0.717, 1.165) is 34.2 Å². The van der Waals surface area contributed by atoms with Crippen molar-refractivity contribution in [1.82, 2.24) is 0 Å². The van der Waals surface area contributed by atoms with Gasteiger partial charge in [0.05, 0.1) is 6.42 Å². The van der Waals surface area contributed by atoms with Gasteiger partial charge in [0.2, 0.25) is 0 Å². The van der Waals surface area contributed by atoms with Crippen LogP contribution in [-0.2, 0) is 11.2 Å². The van der Waals surface area contributed by atoms with E-state index in [4.69, 9.17) is 4.74 Å². The number of ether oxygens (including phenoxy) is 1. The number of benzene rings is 3. The van der Waals surface area contributed by atoms with E-state index in [0.29, 0.717) is 12.2 Å². The zero-order chi connectivity index (χ0) is 15.6. The van der Waals surface area contributed by atoms with E-state index in [9.17, 15) is 4.79 Å². The molecule has 3 aromatic rings. The highest BCUT2D eigenvalue weighted by Crippen LogP contribution is 2.41. The van der Waals surface area contributed by atoms with Crippen LogP contribution >= 0.6 is 0 Å². The van der Waals surface area contributed by atoms with Crippen molar-refractivity contribution in [2.75, 3.05) is 0 Å². The van der Waals surface area contributed by atoms with E-state index in [1.807, 2.05) is 48.5 Å². The van der Waals surface area contributed by atoms with E-state index in [1.54, 1.807) is 0 Å². The smallest absolute Gasteiger partial charge is 0.311 e. The SMILES string of the molecule is O=C1CCc2c(-c3ccccc3)ccc(-c3ccccc3)c2O1. The van der Waals surface area contributed by atoms with Gasteiger partial charge in [0.15, 0.2) is 0 Å². The van der Waals surface area contributed by atoms with Gasteiger partial charge in [-0.3, -0.25) is 4.79 Å². The molecule has 23 heavy (non-hydrogen) atoms. The lowest BCUT2D eigenvalue weighted by Gasteiger charge is -2.22. The topological polar surface area (TPSA) is 26.3 Å². The summed E-state index contributed by atoms with van der Waals surface area (Å²) in [5, 5.41) is 0. The Morgan fingerprint density at radius 1 is 0.652 bits per heavy atom. The van der Waals surface area contributed by atoms with Crippen LogP contribution in [0.1, 0.15) is 12.0 Å². The first kappa shape index (κ1) is 13.8. The Bertz CT molecular complexity index is 852. The third-order valence-electron chi connectivity index (χ3n) is 4.23. The number of hydrogen-bond donors (Lipinski definition) is 0. The van der Waals surface area contributed by atoms with Crippen LogP contribution in [0.15, 0.2) is 72.8 Å². The van der Waals surface area contributed by atoms with Crippen LogP contribution in [0.4, 0.5) is 0 Å². The van der Waals surface area contributed by atoms with Gasteiger partial charge in [0, 0.05) is 11.1 Å². The quantitative estimate of drug-likeness (QED) is 0.498. The molecule has 3 aromatic carbocycles. The monoisotopic (exact) mass is 300 g/mol. The molecule has 2 heteroatoms. The predicted octanol–water partition coefficient (Wildman–Crippen LogP) is 4.87. The molecule has 1 aliphatic heterocycles. The minimum absolute atomic E-state index is 0.153. The fraction of sp³-hybridized carbons (Fsp3) is 0.0952. The normalized spacial score (nSPS) is 13.3. The second-order valence-electron chi connectivity index (χ2n) is 5.67. The average Bonchev–Trinajstić information content (AvgIpc) is 2.62. The lowest BCUT2D eigenvalue weighted by atomic mass is 9.90. The third-order valence-corrected chi connectivity index (χ3v) is 4.23. The maximum absolute atomic E-state index is 11.8. The fourth-order valence-electron chi connectivity index (χ4n) is 3.12. The molecular weight excluding hydrogens is 284 g/mol. The molecule has 0 aliphatic carbocycles. The molecule has 0 spiro atoms. The first-order valence-electron chi connectivity index (χ1n) is 7.80. The molecule has 0 bridgehead atoms. The molecule has 0 saturated carbocycles. The standard InChI is InChI=1S/C21H16O2/c22-20-14-13-19-17(15-7-3-1-4-8-15)11-12-18(21(19)23-20)16-9-5-2-6-10-16/h1-12H,13-14H2. The summed E-state index contributed by atoms with van der Waals surface area (Å²) in [6, 6.07) is 24.5. The molecule has 2 nitrogen and oxygen atoms in total. The Labute approximate surface area is 135 Å². The lowest BCUT2D eigenvalue weighted by Crippen LogP contribution is -2.17. The van der Waals surface area contributed by atoms with Gasteiger partial charge in [0.1, 0.15) is 5.75 Å². The fourth-order valence-corrected chi connectivity index (χ4v) is 3.12. The Balaban J connectivity index is 1.93. The lowest BCUT2D eigenvalue weighted by molar-refractivity contribution is -0.135. The molecule has 0 saturated heterocycles. The van der Waals surface area contributed by atoms with Crippen LogP contribution in [0.3, 0.4) is 0 Å². The summed E-state index contributed by atoms with van der Waals surface area (Å²) in [5.41, 5.74) is 5.47. The number of rotatable bonds is 2. The average molecular weight is 300 g/mol. The van der Waals surface area contributed by atoms with Crippen molar-refractivity contribution < 1.29 is 9.53 Å². The minimum Gasteiger partial charge on any atom is -0.426 e. The second kappa shape index (κ2) is 5.73. The molecule has 0 radical (unpaired) electrons. The third kappa shape index (κ3) is 2.53. The van der Waals surface area contributed by atoms with Crippen LogP contribution in [-0.4, -0.2) is 5.97 Å². The Kier molecular flexibility index (Phi) is 3.43. The van der Waals surface area contributed by atoms with Crippen LogP contribution in [0, 0.1) is 0 Å². The number of esters is 1. The van der Waals surface area contributed by atoms with Crippen molar-refractivity contribution in [3.8, 4) is 28.0 Å². The van der Waals surface area contributed by atoms with Crippen LogP contribution in [0.5, 0.6) is 5.75 Å². The van der Waals surface area contributed by atoms with Gasteiger partial charge < -0.3 is 4.74 Å². The van der Waals surface area contributed by atoms with E-state index in [-0.39, 0.29) is 5.97 Å². The number of hydrogen-bond acceptors (Lipinski definition) is 2. The summed E-state index contributed by atoms with van der Waals surface area (Å²) >= 11 is 0. The van der Waals surface area contributed by atoms with Gasteiger partial charge in [-0.05, 0) is 29.2 Å². The van der Waals surface area contributed by atoms with Gasteiger partial charge in [-0.15, -0.1) is 0 Å². The molecule has 112 valence electrons. The summed E-state index contributed by atoms with van der Waals surface area (Å²) in [6.07, 6.45) is 1.16. The molecule has 0 amide bonds. The van der Waals surface area contributed by atoms with Crippen molar-refractivity contribution in [3.63, 3.8) is 0 Å². The summed E-state index contributed by atoms with van der Waals surface area (Å²) in [6.45, 7) is 0. The zero-order valence-electron chi connectivity index (χ0n) is 12.7. The second-order valence-corrected chi connectivity index (χ2v) is 5.67. The number of carbonyl (C=O) groups is 1. The summed E-state index contributed by atoms with van der Waals surface area (Å²) in [5.74, 6) is 0.564. The highest BCUT2D eigenvalue weighted by molar-refractivity contribution is 5.86. The largest absolute Gasteiger partial charge is 0.426 e. The maximum Gasteiger partial charge on any atom is 0.311 e. The highest BCUT2D eigenvalue weighted by Gasteiger charge is 2.24. The Morgan fingerprint density at radius 3 is 1.87 bits per heavy atom. The van der Waals surface area contributed by atoms with Gasteiger partial charge in [-0.2, -0.15) is 0 Å².